The molecule has 0 saturated heterocycles. The smallest absolute Gasteiger partial charge is 0.330 e. The molecule has 0 saturated carbocycles. The van der Waals surface area contributed by atoms with E-state index in [0.717, 1.165) is 0 Å². The molecule has 0 fully saturated rings. The van der Waals surface area contributed by atoms with Crippen molar-refractivity contribution in [2.24, 2.45) is 5.73 Å². The number of aryl methyl sites for hydroxylation is 1. The largest absolute Gasteiger partial charge is 0.373 e. The first-order valence-electron chi connectivity index (χ1n) is 5.72. The topological polar surface area (TPSA) is 66.0 Å². The Labute approximate surface area is 107 Å². The molecule has 19 heavy (non-hydrogen) atoms. The Morgan fingerprint density at radius 2 is 2.16 bits per heavy atom. The van der Waals surface area contributed by atoms with E-state index in [1.54, 1.807) is 4.68 Å². The highest BCUT2D eigenvalue weighted by molar-refractivity contribution is 4.88. The number of hydrogen-bond acceptors (Lipinski definition) is 4. The van der Waals surface area contributed by atoms with Crippen LogP contribution in [0.5, 0.6) is 0 Å². The van der Waals surface area contributed by atoms with Gasteiger partial charge in [0.25, 0.3) is 0 Å². The molecule has 0 aliphatic rings. The van der Waals surface area contributed by atoms with Crippen LogP contribution in [0.25, 0.3) is 0 Å². The summed E-state index contributed by atoms with van der Waals surface area (Å²) in [6, 6.07) is -0.608. The van der Waals surface area contributed by atoms with E-state index in [1.807, 2.05) is 6.92 Å². The molecule has 2 N–H and O–H groups in total. The van der Waals surface area contributed by atoms with Crippen molar-refractivity contribution in [3.8, 4) is 0 Å². The van der Waals surface area contributed by atoms with Crippen molar-refractivity contribution in [1.29, 1.82) is 0 Å². The third-order valence-electron chi connectivity index (χ3n) is 2.39. The molecule has 1 aromatic heterocycles. The predicted octanol–water partition coefficient (Wildman–Crippen LogP) is 1.08. The highest BCUT2D eigenvalue weighted by atomic mass is 19.3. The summed E-state index contributed by atoms with van der Waals surface area (Å²) in [5, 5.41) is 3.92. The Balaban J connectivity index is 2.34. The minimum atomic E-state index is -4.15. The van der Waals surface area contributed by atoms with Crippen LogP contribution in [0.3, 0.4) is 0 Å². The molecular formula is C10H16F4N4O. The zero-order valence-corrected chi connectivity index (χ0v) is 10.4. The average molecular weight is 284 g/mol. The second-order valence-corrected chi connectivity index (χ2v) is 4.03. The van der Waals surface area contributed by atoms with Gasteiger partial charge in [-0.15, -0.1) is 0 Å². The van der Waals surface area contributed by atoms with Crippen LogP contribution in [-0.2, 0) is 17.7 Å². The predicted molar refractivity (Wildman–Crippen MR) is 59.1 cm³/mol. The quantitative estimate of drug-likeness (QED) is 0.726. The highest BCUT2D eigenvalue weighted by Gasteiger charge is 2.41. The van der Waals surface area contributed by atoms with Crippen LogP contribution in [0.4, 0.5) is 17.6 Å². The zero-order valence-electron chi connectivity index (χ0n) is 10.4. The van der Waals surface area contributed by atoms with E-state index in [2.05, 4.69) is 14.8 Å². The maximum atomic E-state index is 12.6. The fourth-order valence-electron chi connectivity index (χ4n) is 1.41. The highest BCUT2D eigenvalue weighted by Crippen LogP contribution is 2.22. The van der Waals surface area contributed by atoms with E-state index in [-0.39, 0.29) is 13.0 Å². The molecule has 1 rings (SSSR count). The molecule has 0 aliphatic heterocycles. The first-order valence-corrected chi connectivity index (χ1v) is 5.72. The number of alkyl halides is 4. The van der Waals surface area contributed by atoms with Gasteiger partial charge in [0.1, 0.15) is 18.8 Å². The van der Waals surface area contributed by atoms with E-state index in [0.29, 0.717) is 12.4 Å². The summed E-state index contributed by atoms with van der Waals surface area (Å²) in [6.07, 6.45) is -2.11. The van der Waals surface area contributed by atoms with E-state index < -0.39 is 25.0 Å². The van der Waals surface area contributed by atoms with Gasteiger partial charge in [0.05, 0.1) is 6.61 Å². The summed E-state index contributed by atoms with van der Waals surface area (Å²) < 4.78 is 55.0. The normalized spacial score (nSPS) is 14.1. The van der Waals surface area contributed by atoms with Crippen molar-refractivity contribution in [1.82, 2.24) is 14.8 Å². The van der Waals surface area contributed by atoms with Crippen molar-refractivity contribution in [3.05, 3.63) is 12.2 Å². The van der Waals surface area contributed by atoms with Gasteiger partial charge in [-0.3, -0.25) is 4.68 Å². The molecule has 1 unspecified atom stereocenters. The average Bonchev–Trinajstić information content (AvgIpc) is 2.75. The van der Waals surface area contributed by atoms with Crippen molar-refractivity contribution in [2.75, 3.05) is 13.2 Å². The van der Waals surface area contributed by atoms with Gasteiger partial charge in [0.2, 0.25) is 0 Å². The van der Waals surface area contributed by atoms with E-state index in [9.17, 15) is 17.6 Å². The van der Waals surface area contributed by atoms with Crippen molar-refractivity contribution < 1.29 is 22.3 Å². The van der Waals surface area contributed by atoms with Crippen LogP contribution in [0.15, 0.2) is 6.33 Å². The summed E-state index contributed by atoms with van der Waals surface area (Å²) in [5.74, 6) is -3.55. The van der Waals surface area contributed by atoms with Gasteiger partial charge in [-0.1, -0.05) is 0 Å². The van der Waals surface area contributed by atoms with Gasteiger partial charge in [-0.05, 0) is 6.92 Å². The molecular weight excluding hydrogens is 268 g/mol. The molecule has 110 valence electrons. The summed E-state index contributed by atoms with van der Waals surface area (Å²) in [5.41, 5.74) is 5.66. The maximum Gasteiger partial charge on any atom is 0.330 e. The van der Waals surface area contributed by atoms with Crippen molar-refractivity contribution >= 4 is 0 Å². The first kappa shape index (κ1) is 15.8. The number of nitrogens with two attached hydrogens (primary N) is 1. The van der Waals surface area contributed by atoms with Crippen LogP contribution in [0.1, 0.15) is 12.7 Å². The first-order chi connectivity index (χ1) is 8.86. The van der Waals surface area contributed by atoms with Gasteiger partial charge >= 0.3 is 12.3 Å². The number of halogens is 4. The van der Waals surface area contributed by atoms with Gasteiger partial charge in [-0.25, -0.2) is 13.8 Å². The van der Waals surface area contributed by atoms with E-state index in [4.69, 9.17) is 5.73 Å². The van der Waals surface area contributed by atoms with Crippen LogP contribution < -0.4 is 5.73 Å². The molecule has 5 nitrogen and oxygen atoms in total. The number of aromatic nitrogens is 3. The molecule has 0 spiro atoms. The number of hydrogen-bond donors (Lipinski definition) is 1. The number of nitrogens with zero attached hydrogens (tertiary/aromatic N) is 3. The second kappa shape index (κ2) is 6.80. The Kier molecular flexibility index (Phi) is 5.67. The summed E-state index contributed by atoms with van der Waals surface area (Å²) in [6.45, 7) is 0.869. The van der Waals surface area contributed by atoms with Crippen molar-refractivity contribution in [2.45, 2.75) is 38.3 Å². The lowest BCUT2D eigenvalue weighted by Gasteiger charge is -2.17. The SMILES string of the molecule is CCn1ncnc1CC(N)COCC(F)(F)C(F)F. The summed E-state index contributed by atoms with van der Waals surface area (Å²) in [7, 11) is 0. The third-order valence-corrected chi connectivity index (χ3v) is 2.39. The Morgan fingerprint density at radius 3 is 2.74 bits per heavy atom. The van der Waals surface area contributed by atoms with Crippen LogP contribution in [-0.4, -0.2) is 46.4 Å². The molecule has 0 radical (unpaired) electrons. The summed E-state index contributed by atoms with van der Waals surface area (Å²) in [4.78, 5) is 3.96. The molecule has 0 amide bonds. The standard InChI is InChI=1S/C10H16F4N4O/c1-2-18-8(16-6-17-18)3-7(15)4-19-5-10(13,14)9(11)12/h6-7,9H,2-5,15H2,1H3. The fraction of sp³-hybridized carbons (Fsp3) is 0.800. The Hall–Kier alpha value is -1.22. The maximum absolute atomic E-state index is 12.6. The van der Waals surface area contributed by atoms with E-state index >= 15 is 0 Å². The number of rotatable bonds is 8. The van der Waals surface area contributed by atoms with Crippen LogP contribution in [0.2, 0.25) is 0 Å². The Bertz CT molecular complexity index is 385. The van der Waals surface area contributed by atoms with Crippen molar-refractivity contribution in [3.63, 3.8) is 0 Å². The molecule has 0 bridgehead atoms. The minimum absolute atomic E-state index is 0.251. The molecule has 0 aromatic carbocycles. The molecule has 1 atom stereocenters. The molecule has 9 heteroatoms. The van der Waals surface area contributed by atoms with Gasteiger partial charge in [-0.2, -0.15) is 13.9 Å². The van der Waals surface area contributed by atoms with E-state index in [1.165, 1.54) is 6.33 Å². The lowest BCUT2D eigenvalue weighted by molar-refractivity contribution is -0.166. The molecule has 1 aromatic rings. The third kappa shape index (κ3) is 4.75. The molecule has 0 aliphatic carbocycles. The summed E-state index contributed by atoms with van der Waals surface area (Å²) >= 11 is 0. The minimum Gasteiger partial charge on any atom is -0.373 e. The van der Waals surface area contributed by atoms with Crippen LogP contribution >= 0.6 is 0 Å². The number of ether oxygens (including phenoxy) is 1. The fourth-order valence-corrected chi connectivity index (χ4v) is 1.41. The van der Waals surface area contributed by atoms with Crippen LogP contribution in [0, 0.1) is 0 Å². The van der Waals surface area contributed by atoms with Gasteiger partial charge in [0, 0.05) is 19.0 Å². The van der Waals surface area contributed by atoms with Gasteiger partial charge < -0.3 is 10.5 Å². The monoisotopic (exact) mass is 284 g/mol. The lowest BCUT2D eigenvalue weighted by atomic mass is 10.2. The van der Waals surface area contributed by atoms with Gasteiger partial charge in [0.15, 0.2) is 0 Å². The lowest BCUT2D eigenvalue weighted by Crippen LogP contribution is -2.36. The Morgan fingerprint density at radius 1 is 1.47 bits per heavy atom. The zero-order chi connectivity index (χ0) is 14.5. The molecule has 1 heterocycles. The second-order valence-electron chi connectivity index (χ2n) is 4.03.